The molecule has 3 heteroatoms. The van der Waals surface area contributed by atoms with Crippen LogP contribution in [0.5, 0.6) is 0 Å². The largest absolute Gasteiger partial charge is 0.330 e. The molecule has 1 aliphatic rings. The van der Waals surface area contributed by atoms with Gasteiger partial charge in [0.15, 0.2) is 0 Å². The number of likely N-dealkylation sites (tertiary alicyclic amines) is 1. The average molecular weight is 236 g/mol. The summed E-state index contributed by atoms with van der Waals surface area (Å²) < 4.78 is 13.0. The summed E-state index contributed by atoms with van der Waals surface area (Å²) in [5.41, 5.74) is 7.98. The molecular weight excluding hydrogens is 215 g/mol. The fourth-order valence-electron chi connectivity index (χ4n) is 2.53. The van der Waals surface area contributed by atoms with E-state index in [4.69, 9.17) is 5.73 Å². The van der Waals surface area contributed by atoms with Gasteiger partial charge in [0.25, 0.3) is 0 Å². The van der Waals surface area contributed by atoms with Crippen molar-refractivity contribution in [2.24, 2.45) is 11.7 Å². The molecule has 1 aliphatic heterocycles. The van der Waals surface area contributed by atoms with Crippen LogP contribution in [0.4, 0.5) is 4.39 Å². The summed E-state index contributed by atoms with van der Waals surface area (Å²) in [4.78, 5) is 2.46. The van der Waals surface area contributed by atoms with Crippen LogP contribution < -0.4 is 5.73 Å². The molecule has 2 nitrogen and oxygen atoms in total. The van der Waals surface area contributed by atoms with Gasteiger partial charge in [-0.2, -0.15) is 0 Å². The summed E-state index contributed by atoms with van der Waals surface area (Å²) in [6.07, 6.45) is 2.22. The second-order valence-corrected chi connectivity index (χ2v) is 5.01. The number of hydrogen-bond acceptors (Lipinski definition) is 2. The molecule has 0 spiro atoms. The number of halogens is 1. The Morgan fingerprint density at radius 3 is 2.94 bits per heavy atom. The number of hydrogen-bond donors (Lipinski definition) is 1. The van der Waals surface area contributed by atoms with Crippen LogP contribution in [0, 0.1) is 18.7 Å². The Bertz CT molecular complexity index is 378. The number of aryl methyl sites for hydroxylation is 1. The predicted molar refractivity (Wildman–Crippen MR) is 68.4 cm³/mol. The topological polar surface area (TPSA) is 29.3 Å². The van der Waals surface area contributed by atoms with Crippen LogP contribution >= 0.6 is 0 Å². The van der Waals surface area contributed by atoms with E-state index in [9.17, 15) is 4.39 Å². The van der Waals surface area contributed by atoms with Crippen molar-refractivity contribution in [3.63, 3.8) is 0 Å². The van der Waals surface area contributed by atoms with Crippen LogP contribution in [0.1, 0.15) is 17.5 Å². The van der Waals surface area contributed by atoms with Gasteiger partial charge >= 0.3 is 0 Å². The van der Waals surface area contributed by atoms with Crippen LogP contribution in [0.3, 0.4) is 0 Å². The number of rotatable bonds is 4. The average Bonchev–Trinajstić information content (AvgIpc) is 2.76. The quantitative estimate of drug-likeness (QED) is 0.866. The minimum Gasteiger partial charge on any atom is -0.330 e. The zero-order chi connectivity index (χ0) is 12.3. The first-order valence-electron chi connectivity index (χ1n) is 6.36. The highest BCUT2D eigenvalue weighted by atomic mass is 19.1. The van der Waals surface area contributed by atoms with Crippen LogP contribution in [0.2, 0.25) is 0 Å². The molecule has 17 heavy (non-hydrogen) atoms. The summed E-state index contributed by atoms with van der Waals surface area (Å²) in [6, 6.07) is 5.07. The fraction of sp³-hybridized carbons (Fsp3) is 0.571. The van der Waals surface area contributed by atoms with Crippen molar-refractivity contribution in [1.29, 1.82) is 0 Å². The maximum atomic E-state index is 13.0. The lowest BCUT2D eigenvalue weighted by molar-refractivity contribution is 0.329. The molecule has 0 amide bonds. The van der Waals surface area contributed by atoms with Crippen molar-refractivity contribution in [2.45, 2.75) is 19.8 Å². The van der Waals surface area contributed by atoms with Crippen molar-refractivity contribution >= 4 is 0 Å². The number of nitrogens with two attached hydrogens (primary N) is 1. The molecule has 1 aromatic rings. The van der Waals surface area contributed by atoms with Gasteiger partial charge in [0.05, 0.1) is 0 Å². The Morgan fingerprint density at radius 1 is 1.47 bits per heavy atom. The summed E-state index contributed by atoms with van der Waals surface area (Å²) >= 11 is 0. The van der Waals surface area contributed by atoms with Gasteiger partial charge < -0.3 is 10.6 Å². The molecule has 1 fully saturated rings. The van der Waals surface area contributed by atoms with Crippen LogP contribution in [-0.2, 0) is 6.42 Å². The van der Waals surface area contributed by atoms with Gasteiger partial charge in [-0.3, -0.25) is 0 Å². The van der Waals surface area contributed by atoms with E-state index in [1.165, 1.54) is 12.0 Å². The summed E-state index contributed by atoms with van der Waals surface area (Å²) in [5.74, 6) is 0.528. The molecular formula is C14H21FN2. The third kappa shape index (κ3) is 3.27. The van der Waals surface area contributed by atoms with Crippen LogP contribution in [0.25, 0.3) is 0 Å². The second-order valence-electron chi connectivity index (χ2n) is 5.01. The van der Waals surface area contributed by atoms with Crippen molar-refractivity contribution in [3.8, 4) is 0 Å². The normalized spacial score (nSPS) is 21.0. The molecule has 94 valence electrons. The highest BCUT2D eigenvalue weighted by Gasteiger charge is 2.20. The first-order valence-corrected chi connectivity index (χ1v) is 6.36. The highest BCUT2D eigenvalue weighted by Crippen LogP contribution is 2.16. The molecule has 0 aliphatic carbocycles. The molecule has 2 rings (SSSR count). The van der Waals surface area contributed by atoms with Gasteiger partial charge in [-0.05, 0) is 62.0 Å². The second kappa shape index (κ2) is 5.61. The van der Waals surface area contributed by atoms with Crippen LogP contribution in [0.15, 0.2) is 18.2 Å². The molecule has 1 unspecified atom stereocenters. The predicted octanol–water partition coefficient (Wildman–Crippen LogP) is 1.96. The number of nitrogens with zero attached hydrogens (tertiary/aromatic N) is 1. The van der Waals surface area contributed by atoms with Crippen molar-refractivity contribution in [1.82, 2.24) is 4.90 Å². The zero-order valence-corrected chi connectivity index (χ0v) is 10.5. The standard InChI is InChI=1S/C14H21FN2/c1-11-8-14(15)3-2-13(11)5-7-17-6-4-12(9-16)10-17/h2-3,8,12H,4-7,9-10,16H2,1H3. The molecule has 1 saturated heterocycles. The van der Waals surface area contributed by atoms with E-state index in [1.54, 1.807) is 12.1 Å². The van der Waals surface area contributed by atoms with Crippen molar-refractivity contribution < 1.29 is 4.39 Å². The minimum absolute atomic E-state index is 0.143. The van der Waals surface area contributed by atoms with E-state index >= 15 is 0 Å². The first kappa shape index (κ1) is 12.5. The Hall–Kier alpha value is -0.930. The Labute approximate surface area is 103 Å². The third-order valence-corrected chi connectivity index (χ3v) is 3.71. The van der Waals surface area contributed by atoms with Gasteiger partial charge in [-0.15, -0.1) is 0 Å². The Balaban J connectivity index is 1.86. The van der Waals surface area contributed by atoms with Crippen LogP contribution in [-0.4, -0.2) is 31.1 Å². The van der Waals surface area contributed by atoms with Gasteiger partial charge in [-0.25, -0.2) is 4.39 Å². The smallest absolute Gasteiger partial charge is 0.123 e. The van der Waals surface area contributed by atoms with Gasteiger partial charge in [-0.1, -0.05) is 6.07 Å². The lowest BCUT2D eigenvalue weighted by Gasteiger charge is -2.16. The maximum absolute atomic E-state index is 13.0. The van der Waals surface area contributed by atoms with E-state index in [0.29, 0.717) is 5.92 Å². The minimum atomic E-state index is -0.143. The molecule has 0 aromatic heterocycles. The SMILES string of the molecule is Cc1cc(F)ccc1CCN1CCC(CN)C1. The molecule has 1 atom stereocenters. The molecule has 1 heterocycles. The number of benzene rings is 1. The van der Waals surface area contributed by atoms with E-state index in [1.807, 2.05) is 13.0 Å². The summed E-state index contributed by atoms with van der Waals surface area (Å²) in [6.45, 7) is 6.11. The van der Waals surface area contributed by atoms with Crippen molar-refractivity contribution in [2.75, 3.05) is 26.2 Å². The van der Waals surface area contributed by atoms with E-state index in [2.05, 4.69) is 4.90 Å². The maximum Gasteiger partial charge on any atom is 0.123 e. The molecule has 0 saturated carbocycles. The summed E-state index contributed by atoms with van der Waals surface area (Å²) in [7, 11) is 0. The fourth-order valence-corrected chi connectivity index (χ4v) is 2.53. The Kier molecular flexibility index (Phi) is 4.13. The van der Waals surface area contributed by atoms with E-state index in [0.717, 1.165) is 38.2 Å². The van der Waals surface area contributed by atoms with E-state index < -0.39 is 0 Å². The van der Waals surface area contributed by atoms with Gasteiger partial charge in [0.2, 0.25) is 0 Å². The highest BCUT2D eigenvalue weighted by molar-refractivity contribution is 5.26. The lowest BCUT2D eigenvalue weighted by Crippen LogP contribution is -2.25. The summed E-state index contributed by atoms with van der Waals surface area (Å²) in [5, 5.41) is 0. The first-order chi connectivity index (χ1) is 8.19. The monoisotopic (exact) mass is 236 g/mol. The van der Waals surface area contributed by atoms with Gasteiger partial charge in [0.1, 0.15) is 5.82 Å². The van der Waals surface area contributed by atoms with Crippen molar-refractivity contribution in [3.05, 3.63) is 35.1 Å². The third-order valence-electron chi connectivity index (χ3n) is 3.71. The zero-order valence-electron chi connectivity index (χ0n) is 10.5. The molecule has 0 radical (unpaired) electrons. The van der Waals surface area contributed by atoms with E-state index in [-0.39, 0.29) is 5.82 Å². The van der Waals surface area contributed by atoms with Gasteiger partial charge in [0, 0.05) is 13.1 Å². The Morgan fingerprint density at radius 2 is 2.29 bits per heavy atom. The molecule has 1 aromatic carbocycles. The molecule has 2 N–H and O–H groups in total. The lowest BCUT2D eigenvalue weighted by atomic mass is 10.1. The molecule has 0 bridgehead atoms.